The molecule has 1 atom stereocenters. The van der Waals surface area contributed by atoms with E-state index in [1.54, 1.807) is 11.8 Å². The molecule has 0 spiro atoms. The van der Waals surface area contributed by atoms with Crippen LogP contribution in [0, 0.1) is 5.92 Å². The van der Waals surface area contributed by atoms with Gasteiger partial charge in [0.25, 0.3) is 0 Å². The molecule has 0 aromatic heterocycles. The molecule has 2 N–H and O–H groups in total. The van der Waals surface area contributed by atoms with Crippen molar-refractivity contribution in [2.75, 3.05) is 23.9 Å². The summed E-state index contributed by atoms with van der Waals surface area (Å²) in [4.78, 5) is 11.9. The molecular weight excluding hydrogens is 244 g/mol. The topological polar surface area (TPSA) is 41.1 Å². The summed E-state index contributed by atoms with van der Waals surface area (Å²) in [7, 11) is 0. The van der Waals surface area contributed by atoms with Gasteiger partial charge in [0.15, 0.2) is 0 Å². The number of rotatable bonds is 7. The molecular formula is C14H22N2OS. The van der Waals surface area contributed by atoms with E-state index >= 15 is 0 Å². The molecule has 0 aliphatic rings. The lowest BCUT2D eigenvalue weighted by atomic mass is 10.1. The van der Waals surface area contributed by atoms with Crippen molar-refractivity contribution < 1.29 is 4.79 Å². The van der Waals surface area contributed by atoms with Crippen LogP contribution in [-0.2, 0) is 11.3 Å². The van der Waals surface area contributed by atoms with Gasteiger partial charge < -0.3 is 10.6 Å². The van der Waals surface area contributed by atoms with Gasteiger partial charge in [0, 0.05) is 23.9 Å². The number of benzene rings is 1. The van der Waals surface area contributed by atoms with Crippen LogP contribution in [0.15, 0.2) is 24.3 Å². The molecule has 1 aromatic carbocycles. The van der Waals surface area contributed by atoms with Gasteiger partial charge in [-0.25, -0.2) is 0 Å². The molecule has 100 valence electrons. The summed E-state index contributed by atoms with van der Waals surface area (Å²) in [6.07, 6.45) is 2.01. The van der Waals surface area contributed by atoms with Gasteiger partial charge in [0.2, 0.25) is 5.91 Å². The molecule has 0 heterocycles. The normalized spacial score (nSPS) is 12.2. The molecule has 0 aliphatic heterocycles. The highest BCUT2D eigenvalue weighted by Crippen LogP contribution is 2.13. The highest BCUT2D eigenvalue weighted by molar-refractivity contribution is 7.98. The third-order valence-electron chi connectivity index (χ3n) is 2.64. The van der Waals surface area contributed by atoms with E-state index in [2.05, 4.69) is 23.6 Å². The fourth-order valence-electron chi connectivity index (χ4n) is 1.62. The number of nitrogens with one attached hydrogen (secondary N) is 2. The first kappa shape index (κ1) is 15.1. The molecule has 0 radical (unpaired) electrons. The SMILES string of the molecule is CCNCc1cccc(NC(=O)C(C)CSC)c1. The van der Waals surface area contributed by atoms with Crippen LogP contribution < -0.4 is 10.6 Å². The lowest BCUT2D eigenvalue weighted by Crippen LogP contribution is -2.22. The Morgan fingerprint density at radius 3 is 2.89 bits per heavy atom. The van der Waals surface area contributed by atoms with Crippen molar-refractivity contribution in [1.82, 2.24) is 5.32 Å². The summed E-state index contributed by atoms with van der Waals surface area (Å²) >= 11 is 1.69. The highest BCUT2D eigenvalue weighted by atomic mass is 32.2. The van der Waals surface area contributed by atoms with Crippen molar-refractivity contribution in [2.24, 2.45) is 5.92 Å². The summed E-state index contributed by atoms with van der Waals surface area (Å²) in [5.41, 5.74) is 2.07. The van der Waals surface area contributed by atoms with E-state index in [0.29, 0.717) is 0 Å². The summed E-state index contributed by atoms with van der Waals surface area (Å²) in [6, 6.07) is 7.98. The maximum absolute atomic E-state index is 11.9. The van der Waals surface area contributed by atoms with Crippen LogP contribution in [0.1, 0.15) is 19.4 Å². The van der Waals surface area contributed by atoms with Crippen molar-refractivity contribution >= 4 is 23.4 Å². The molecule has 1 rings (SSSR count). The molecule has 3 nitrogen and oxygen atoms in total. The Labute approximate surface area is 114 Å². The maximum Gasteiger partial charge on any atom is 0.228 e. The average Bonchev–Trinajstić information content (AvgIpc) is 2.37. The molecule has 0 saturated carbocycles. The zero-order valence-corrected chi connectivity index (χ0v) is 12.1. The molecule has 0 saturated heterocycles. The molecule has 1 unspecified atom stereocenters. The standard InChI is InChI=1S/C14H22N2OS/c1-4-15-9-12-6-5-7-13(8-12)16-14(17)11(2)10-18-3/h5-8,11,15H,4,9-10H2,1-3H3,(H,16,17). The van der Waals surface area contributed by atoms with Gasteiger partial charge >= 0.3 is 0 Å². The Kier molecular flexibility index (Phi) is 6.83. The van der Waals surface area contributed by atoms with Crippen molar-refractivity contribution in [3.05, 3.63) is 29.8 Å². The predicted octanol–water partition coefficient (Wildman–Crippen LogP) is 2.73. The molecule has 0 fully saturated rings. The number of thioether (sulfide) groups is 1. The van der Waals surface area contributed by atoms with E-state index < -0.39 is 0 Å². The highest BCUT2D eigenvalue weighted by Gasteiger charge is 2.12. The molecule has 18 heavy (non-hydrogen) atoms. The second-order valence-corrected chi connectivity index (χ2v) is 5.24. The van der Waals surface area contributed by atoms with Crippen LogP contribution in [-0.4, -0.2) is 24.5 Å². The Balaban J connectivity index is 2.58. The largest absolute Gasteiger partial charge is 0.326 e. The number of carbonyl (C=O) groups is 1. The minimum Gasteiger partial charge on any atom is -0.326 e. The Hall–Kier alpha value is -1.00. The molecule has 1 aromatic rings. The molecule has 1 amide bonds. The van der Waals surface area contributed by atoms with E-state index in [0.717, 1.165) is 24.5 Å². The minimum absolute atomic E-state index is 0.0393. The van der Waals surface area contributed by atoms with Gasteiger partial charge in [-0.3, -0.25) is 4.79 Å². The smallest absolute Gasteiger partial charge is 0.228 e. The van der Waals surface area contributed by atoms with Crippen LogP contribution in [0.4, 0.5) is 5.69 Å². The Morgan fingerprint density at radius 1 is 1.44 bits per heavy atom. The predicted molar refractivity (Wildman–Crippen MR) is 80.0 cm³/mol. The third kappa shape index (κ3) is 5.10. The van der Waals surface area contributed by atoms with Gasteiger partial charge in [-0.1, -0.05) is 26.0 Å². The van der Waals surface area contributed by atoms with Crippen molar-refractivity contribution in [3.8, 4) is 0 Å². The zero-order valence-electron chi connectivity index (χ0n) is 11.3. The lowest BCUT2D eigenvalue weighted by Gasteiger charge is -2.12. The minimum atomic E-state index is 0.0393. The Morgan fingerprint density at radius 2 is 2.22 bits per heavy atom. The van der Waals surface area contributed by atoms with Crippen LogP contribution in [0.2, 0.25) is 0 Å². The first-order chi connectivity index (χ1) is 8.67. The quantitative estimate of drug-likeness (QED) is 0.797. The number of anilines is 1. The monoisotopic (exact) mass is 266 g/mol. The average molecular weight is 266 g/mol. The fraction of sp³-hybridized carbons (Fsp3) is 0.500. The van der Waals surface area contributed by atoms with Crippen LogP contribution in [0.3, 0.4) is 0 Å². The van der Waals surface area contributed by atoms with Crippen LogP contribution in [0.5, 0.6) is 0 Å². The number of hydrogen-bond donors (Lipinski definition) is 2. The van der Waals surface area contributed by atoms with Crippen molar-refractivity contribution in [3.63, 3.8) is 0 Å². The Bertz CT molecular complexity index is 382. The van der Waals surface area contributed by atoms with Crippen LogP contribution in [0.25, 0.3) is 0 Å². The van der Waals surface area contributed by atoms with Crippen LogP contribution >= 0.6 is 11.8 Å². The van der Waals surface area contributed by atoms with E-state index in [-0.39, 0.29) is 11.8 Å². The number of hydrogen-bond acceptors (Lipinski definition) is 3. The van der Waals surface area contributed by atoms with E-state index in [4.69, 9.17) is 0 Å². The van der Waals surface area contributed by atoms with Gasteiger partial charge in [-0.15, -0.1) is 0 Å². The second kappa shape index (κ2) is 8.16. The summed E-state index contributed by atoms with van der Waals surface area (Å²) in [6.45, 7) is 5.81. The maximum atomic E-state index is 11.9. The van der Waals surface area contributed by atoms with Gasteiger partial charge in [-0.2, -0.15) is 11.8 Å². The third-order valence-corrected chi connectivity index (χ3v) is 3.47. The summed E-state index contributed by atoms with van der Waals surface area (Å²) < 4.78 is 0. The summed E-state index contributed by atoms with van der Waals surface area (Å²) in [5.74, 6) is 0.977. The van der Waals surface area contributed by atoms with E-state index in [1.165, 1.54) is 5.56 Å². The first-order valence-electron chi connectivity index (χ1n) is 6.26. The van der Waals surface area contributed by atoms with E-state index in [1.807, 2.05) is 31.4 Å². The molecule has 4 heteroatoms. The number of carbonyl (C=O) groups excluding carboxylic acids is 1. The fourth-order valence-corrected chi connectivity index (χ4v) is 2.27. The lowest BCUT2D eigenvalue weighted by molar-refractivity contribution is -0.118. The first-order valence-corrected chi connectivity index (χ1v) is 7.66. The second-order valence-electron chi connectivity index (χ2n) is 4.33. The zero-order chi connectivity index (χ0) is 13.4. The van der Waals surface area contributed by atoms with Gasteiger partial charge in [-0.05, 0) is 30.5 Å². The molecule has 0 aliphatic carbocycles. The van der Waals surface area contributed by atoms with E-state index in [9.17, 15) is 4.79 Å². The van der Waals surface area contributed by atoms with Gasteiger partial charge in [0.1, 0.15) is 0 Å². The van der Waals surface area contributed by atoms with Gasteiger partial charge in [0.05, 0.1) is 0 Å². The van der Waals surface area contributed by atoms with Crippen molar-refractivity contribution in [1.29, 1.82) is 0 Å². The summed E-state index contributed by atoms with van der Waals surface area (Å²) in [5, 5.41) is 6.24. The molecule has 0 bridgehead atoms. The van der Waals surface area contributed by atoms with Crippen molar-refractivity contribution in [2.45, 2.75) is 20.4 Å². The number of amides is 1.